The highest BCUT2D eigenvalue weighted by molar-refractivity contribution is 6.12. The zero-order chi connectivity index (χ0) is 22.4. The van der Waals surface area contributed by atoms with Gasteiger partial charge in [-0.25, -0.2) is 9.78 Å². The molecule has 3 aromatic rings. The smallest absolute Gasteiger partial charge is 0.329 e. The average Bonchev–Trinajstić information content (AvgIpc) is 3.55. The summed E-state index contributed by atoms with van der Waals surface area (Å²) in [6, 6.07) is 7.66. The third kappa shape index (κ3) is 3.49. The molecule has 0 unspecified atom stereocenters. The number of carbonyl (C=O) groups is 1. The van der Waals surface area contributed by atoms with Crippen molar-refractivity contribution in [3.63, 3.8) is 0 Å². The molecule has 1 aromatic carbocycles. The topological polar surface area (TPSA) is 100 Å². The number of nitrogens with zero attached hydrogens (tertiary/aromatic N) is 3. The van der Waals surface area contributed by atoms with Crippen LogP contribution in [0.2, 0.25) is 0 Å². The molecular weight excluding hydrogens is 406 g/mol. The van der Waals surface area contributed by atoms with Crippen LogP contribution in [0.15, 0.2) is 33.9 Å². The number of pyridine rings is 1. The molecule has 1 aliphatic heterocycles. The second-order valence-electron chi connectivity index (χ2n) is 8.61. The van der Waals surface area contributed by atoms with Gasteiger partial charge in [0.15, 0.2) is 5.65 Å². The Labute approximate surface area is 185 Å². The SMILES string of the molecule is CCCn1c(=O)[nH]c(=O)c2c(C(=O)Nc3ccc4c(c3)N(CC)CC4)cc(C3CC3)nc21. The first kappa shape index (κ1) is 20.5. The summed E-state index contributed by atoms with van der Waals surface area (Å²) in [6.45, 7) is 6.38. The van der Waals surface area contributed by atoms with E-state index in [9.17, 15) is 14.4 Å². The number of nitrogens with one attached hydrogen (secondary N) is 2. The number of fused-ring (bicyclic) bond motifs is 2. The number of likely N-dealkylation sites (N-methyl/N-ethyl adjacent to an activating group) is 1. The van der Waals surface area contributed by atoms with Crippen molar-refractivity contribution in [1.29, 1.82) is 0 Å². The number of aromatic nitrogens is 3. The van der Waals surface area contributed by atoms with Crippen LogP contribution in [-0.2, 0) is 13.0 Å². The Balaban J connectivity index is 1.60. The van der Waals surface area contributed by atoms with Crippen molar-refractivity contribution in [1.82, 2.24) is 14.5 Å². The lowest BCUT2D eigenvalue weighted by Gasteiger charge is -2.18. The average molecular weight is 434 g/mol. The summed E-state index contributed by atoms with van der Waals surface area (Å²) in [7, 11) is 0. The van der Waals surface area contributed by atoms with Gasteiger partial charge in [-0.15, -0.1) is 0 Å². The number of benzene rings is 1. The summed E-state index contributed by atoms with van der Waals surface area (Å²) in [5.74, 6) is -0.0963. The summed E-state index contributed by atoms with van der Waals surface area (Å²) in [5.41, 5.74) is 3.34. The highest BCUT2D eigenvalue weighted by Crippen LogP contribution is 2.40. The first-order valence-corrected chi connectivity index (χ1v) is 11.4. The molecule has 0 bridgehead atoms. The maximum absolute atomic E-state index is 13.4. The predicted octanol–water partition coefficient (Wildman–Crippen LogP) is 3.01. The van der Waals surface area contributed by atoms with Crippen LogP contribution in [0.4, 0.5) is 11.4 Å². The van der Waals surface area contributed by atoms with E-state index in [1.807, 2.05) is 25.1 Å². The summed E-state index contributed by atoms with van der Waals surface area (Å²) in [6.07, 6.45) is 3.71. The molecule has 166 valence electrons. The van der Waals surface area contributed by atoms with E-state index < -0.39 is 11.2 Å². The Bertz CT molecular complexity index is 1340. The van der Waals surface area contributed by atoms with Gasteiger partial charge in [-0.2, -0.15) is 0 Å². The second kappa shape index (κ2) is 7.93. The first-order valence-electron chi connectivity index (χ1n) is 11.4. The molecule has 3 heterocycles. The lowest BCUT2D eigenvalue weighted by molar-refractivity contribution is 0.102. The van der Waals surface area contributed by atoms with E-state index in [0.29, 0.717) is 24.3 Å². The lowest BCUT2D eigenvalue weighted by Crippen LogP contribution is -2.32. The fourth-order valence-electron chi connectivity index (χ4n) is 4.54. The quantitative estimate of drug-likeness (QED) is 0.623. The molecule has 0 radical (unpaired) electrons. The minimum absolute atomic E-state index is 0.163. The summed E-state index contributed by atoms with van der Waals surface area (Å²) in [5, 5.41) is 3.13. The second-order valence-corrected chi connectivity index (χ2v) is 8.61. The molecule has 2 N–H and O–H groups in total. The van der Waals surface area contributed by atoms with Gasteiger partial charge in [0.2, 0.25) is 0 Å². The van der Waals surface area contributed by atoms with Gasteiger partial charge in [-0.1, -0.05) is 13.0 Å². The monoisotopic (exact) mass is 433 g/mol. The van der Waals surface area contributed by atoms with Crippen LogP contribution in [0, 0.1) is 0 Å². The first-order chi connectivity index (χ1) is 15.5. The van der Waals surface area contributed by atoms with Crippen molar-refractivity contribution in [2.45, 2.75) is 52.0 Å². The number of H-pyrrole nitrogens is 1. The molecule has 2 aliphatic rings. The Morgan fingerprint density at radius 2 is 2.03 bits per heavy atom. The summed E-state index contributed by atoms with van der Waals surface area (Å²) >= 11 is 0. The summed E-state index contributed by atoms with van der Waals surface area (Å²) in [4.78, 5) is 47.9. The molecule has 5 rings (SSSR count). The van der Waals surface area contributed by atoms with Gasteiger partial charge in [0, 0.05) is 42.6 Å². The van der Waals surface area contributed by atoms with Gasteiger partial charge in [0.05, 0.1) is 10.9 Å². The van der Waals surface area contributed by atoms with Crippen molar-refractivity contribution in [2.24, 2.45) is 0 Å². The fraction of sp³-hybridized carbons (Fsp3) is 0.417. The molecule has 1 aliphatic carbocycles. The fourth-order valence-corrected chi connectivity index (χ4v) is 4.54. The van der Waals surface area contributed by atoms with Crippen LogP contribution < -0.4 is 21.5 Å². The molecule has 8 nitrogen and oxygen atoms in total. The minimum Gasteiger partial charge on any atom is -0.371 e. The van der Waals surface area contributed by atoms with Crippen molar-refractivity contribution in [3.8, 4) is 0 Å². The number of rotatable bonds is 6. The molecule has 2 aromatic heterocycles. The van der Waals surface area contributed by atoms with Crippen molar-refractivity contribution in [3.05, 3.63) is 61.9 Å². The summed E-state index contributed by atoms with van der Waals surface area (Å²) < 4.78 is 1.47. The number of carbonyl (C=O) groups excluding carboxylic acids is 1. The van der Waals surface area contributed by atoms with Gasteiger partial charge in [-0.05, 0) is 56.4 Å². The van der Waals surface area contributed by atoms with Crippen molar-refractivity contribution in [2.75, 3.05) is 23.3 Å². The van der Waals surface area contributed by atoms with Crippen LogP contribution in [0.3, 0.4) is 0 Å². The maximum atomic E-state index is 13.4. The Morgan fingerprint density at radius 1 is 1.22 bits per heavy atom. The van der Waals surface area contributed by atoms with Gasteiger partial charge in [-0.3, -0.25) is 19.1 Å². The Hall–Kier alpha value is -3.42. The normalized spacial score (nSPS) is 15.2. The highest BCUT2D eigenvalue weighted by atomic mass is 16.2. The largest absolute Gasteiger partial charge is 0.371 e. The molecule has 0 atom stereocenters. The maximum Gasteiger partial charge on any atom is 0.329 e. The molecule has 0 spiro atoms. The molecule has 1 amide bonds. The van der Waals surface area contributed by atoms with E-state index in [-0.39, 0.29) is 22.8 Å². The van der Waals surface area contributed by atoms with Crippen molar-refractivity contribution < 1.29 is 4.79 Å². The van der Waals surface area contributed by atoms with Crippen LogP contribution >= 0.6 is 0 Å². The van der Waals surface area contributed by atoms with E-state index in [0.717, 1.165) is 43.7 Å². The number of hydrogen-bond donors (Lipinski definition) is 2. The number of anilines is 2. The molecule has 32 heavy (non-hydrogen) atoms. The van der Waals surface area contributed by atoms with Gasteiger partial charge < -0.3 is 10.2 Å². The predicted molar refractivity (Wildman–Crippen MR) is 125 cm³/mol. The molecule has 1 fully saturated rings. The van der Waals surface area contributed by atoms with Crippen LogP contribution in [0.5, 0.6) is 0 Å². The van der Waals surface area contributed by atoms with E-state index >= 15 is 0 Å². The minimum atomic E-state index is -0.580. The zero-order valence-electron chi connectivity index (χ0n) is 18.4. The third-order valence-corrected chi connectivity index (χ3v) is 6.37. The number of hydrogen-bond acceptors (Lipinski definition) is 5. The Kier molecular flexibility index (Phi) is 5.07. The third-order valence-electron chi connectivity index (χ3n) is 6.37. The van der Waals surface area contributed by atoms with Gasteiger partial charge in [0.1, 0.15) is 0 Å². The van der Waals surface area contributed by atoms with Gasteiger partial charge >= 0.3 is 5.69 Å². The highest BCUT2D eigenvalue weighted by Gasteiger charge is 2.29. The van der Waals surface area contributed by atoms with Crippen LogP contribution in [0.25, 0.3) is 11.0 Å². The van der Waals surface area contributed by atoms with Crippen LogP contribution in [0.1, 0.15) is 60.6 Å². The molecule has 0 saturated heterocycles. The zero-order valence-corrected chi connectivity index (χ0v) is 18.4. The van der Waals surface area contributed by atoms with E-state index in [1.165, 1.54) is 10.1 Å². The van der Waals surface area contributed by atoms with Crippen molar-refractivity contribution >= 4 is 28.3 Å². The van der Waals surface area contributed by atoms with E-state index in [2.05, 4.69) is 27.1 Å². The standard InChI is InChI=1S/C24H27N5O3/c1-3-10-29-21-20(23(31)27-24(29)32)17(13-18(26-21)14-5-6-14)22(30)25-16-8-7-15-9-11-28(4-2)19(15)12-16/h7-8,12-14H,3-6,9-11H2,1-2H3,(H,25,30)(H,27,31,32). The van der Waals surface area contributed by atoms with Gasteiger partial charge in [0.25, 0.3) is 11.5 Å². The van der Waals surface area contributed by atoms with Crippen LogP contribution in [-0.4, -0.2) is 33.5 Å². The molecule has 8 heteroatoms. The molecule has 1 saturated carbocycles. The van der Waals surface area contributed by atoms with E-state index in [4.69, 9.17) is 0 Å². The van der Waals surface area contributed by atoms with E-state index in [1.54, 1.807) is 6.07 Å². The number of aryl methyl sites for hydroxylation is 1. The Morgan fingerprint density at radius 3 is 2.75 bits per heavy atom. The number of amides is 1. The number of aromatic amines is 1. The lowest BCUT2D eigenvalue weighted by atomic mass is 10.1. The molecular formula is C24H27N5O3.